The smallest absolute Gasteiger partial charge is 0.164 e. The molecule has 4 nitrogen and oxygen atoms in total. The van der Waals surface area contributed by atoms with Crippen LogP contribution in [0, 0.1) is 0 Å². The first-order valence-corrected chi connectivity index (χ1v) is 20.6. The Labute approximate surface area is 335 Å². The summed E-state index contributed by atoms with van der Waals surface area (Å²) in [4.78, 5) is 15.5. The lowest BCUT2D eigenvalue weighted by Gasteiger charge is -2.10. The molecule has 0 atom stereocenters. The fourth-order valence-electron chi connectivity index (χ4n) is 8.41. The van der Waals surface area contributed by atoms with E-state index in [2.05, 4.69) is 168 Å². The van der Waals surface area contributed by atoms with Crippen molar-refractivity contribution in [1.82, 2.24) is 19.5 Å². The van der Waals surface area contributed by atoms with Gasteiger partial charge in [-0.25, -0.2) is 15.0 Å². The maximum Gasteiger partial charge on any atom is 0.164 e. The van der Waals surface area contributed by atoms with Crippen LogP contribution >= 0.6 is 22.7 Å². The molecular weight excluding hydrogens is 733 g/mol. The zero-order valence-corrected chi connectivity index (χ0v) is 32.1. The summed E-state index contributed by atoms with van der Waals surface area (Å²) < 4.78 is 7.33. The third kappa shape index (κ3) is 5.22. The molecule has 12 aromatic rings. The number of aromatic nitrogens is 4. The van der Waals surface area contributed by atoms with Gasteiger partial charge in [-0.1, -0.05) is 109 Å². The first kappa shape index (κ1) is 32.3. The number of hydrogen-bond donors (Lipinski definition) is 0. The third-order valence-corrected chi connectivity index (χ3v) is 13.3. The highest BCUT2D eigenvalue weighted by Gasteiger charge is 2.19. The molecule has 0 saturated carbocycles. The van der Waals surface area contributed by atoms with Crippen molar-refractivity contribution in [2.24, 2.45) is 0 Å². The van der Waals surface area contributed by atoms with Gasteiger partial charge in [0.05, 0.1) is 11.0 Å². The lowest BCUT2D eigenvalue weighted by atomic mass is 10.00. The predicted molar refractivity (Wildman–Crippen MR) is 242 cm³/mol. The fourth-order valence-corrected chi connectivity index (χ4v) is 10.6. The van der Waals surface area contributed by atoms with Crippen molar-refractivity contribution in [2.75, 3.05) is 0 Å². The maximum absolute atomic E-state index is 5.23. The van der Waals surface area contributed by atoms with Crippen molar-refractivity contribution in [2.45, 2.75) is 0 Å². The molecule has 0 aliphatic carbocycles. The van der Waals surface area contributed by atoms with Gasteiger partial charge in [0.2, 0.25) is 0 Å². The second kappa shape index (κ2) is 12.8. The van der Waals surface area contributed by atoms with Gasteiger partial charge in [-0.15, -0.1) is 22.7 Å². The van der Waals surface area contributed by atoms with Crippen molar-refractivity contribution >= 4 is 84.8 Å². The highest BCUT2D eigenvalue weighted by Crippen LogP contribution is 2.42. The average molecular weight is 763 g/mol. The zero-order chi connectivity index (χ0) is 37.5. The molecule has 0 saturated heterocycles. The minimum Gasteiger partial charge on any atom is -0.309 e. The number of hydrogen-bond acceptors (Lipinski definition) is 5. The van der Waals surface area contributed by atoms with Crippen molar-refractivity contribution in [3.63, 3.8) is 0 Å². The van der Waals surface area contributed by atoms with Crippen molar-refractivity contribution in [3.8, 4) is 51.0 Å². The number of benzene rings is 8. The minimum atomic E-state index is 0.660. The SMILES string of the molecule is c1ccc(-c2nc(-c3ccc4sc5ccc(-c6ccc7c(c6)c6ccccc6n7-c6ccccc6)cc5c4c3)nc(-c3cccc4sc5ccccc5c34)n2)cc1. The van der Waals surface area contributed by atoms with Crippen LogP contribution < -0.4 is 0 Å². The summed E-state index contributed by atoms with van der Waals surface area (Å²) in [5.41, 5.74) is 8.90. The van der Waals surface area contributed by atoms with Gasteiger partial charge < -0.3 is 4.57 Å². The Bertz CT molecular complexity index is 3530. The summed E-state index contributed by atoms with van der Waals surface area (Å²) in [6, 6.07) is 65.0. The monoisotopic (exact) mass is 762 g/mol. The molecule has 0 radical (unpaired) electrons. The molecule has 0 aliphatic heterocycles. The maximum atomic E-state index is 5.23. The van der Waals surface area contributed by atoms with Gasteiger partial charge in [0.15, 0.2) is 17.5 Å². The van der Waals surface area contributed by atoms with Crippen LogP contribution in [0.2, 0.25) is 0 Å². The van der Waals surface area contributed by atoms with Crippen LogP contribution in [0.4, 0.5) is 0 Å². The molecule has 4 heterocycles. The lowest BCUT2D eigenvalue weighted by Crippen LogP contribution is -2.00. The summed E-state index contributed by atoms with van der Waals surface area (Å²) >= 11 is 3.63. The van der Waals surface area contributed by atoms with Crippen molar-refractivity contribution in [3.05, 3.63) is 182 Å². The highest BCUT2D eigenvalue weighted by molar-refractivity contribution is 7.26. The van der Waals surface area contributed by atoms with Crippen molar-refractivity contribution < 1.29 is 0 Å². The van der Waals surface area contributed by atoms with E-state index in [1.165, 1.54) is 73.3 Å². The van der Waals surface area contributed by atoms with Crippen LogP contribution in [0.1, 0.15) is 0 Å². The van der Waals surface area contributed by atoms with E-state index in [1.54, 1.807) is 11.3 Å². The second-order valence-corrected chi connectivity index (χ2v) is 16.6. The second-order valence-electron chi connectivity index (χ2n) is 14.4. The number of nitrogens with zero attached hydrogens (tertiary/aromatic N) is 4. The largest absolute Gasteiger partial charge is 0.309 e. The Hall–Kier alpha value is -6.99. The van der Waals surface area contributed by atoms with E-state index in [0.29, 0.717) is 17.5 Å². The molecule has 6 heteroatoms. The minimum absolute atomic E-state index is 0.660. The van der Waals surface area contributed by atoms with Gasteiger partial charge in [0.1, 0.15) is 0 Å². The van der Waals surface area contributed by atoms with Gasteiger partial charge in [-0.05, 0) is 83.9 Å². The fraction of sp³-hybridized carbons (Fsp3) is 0. The van der Waals surface area contributed by atoms with E-state index in [1.807, 2.05) is 29.5 Å². The molecule has 0 spiro atoms. The van der Waals surface area contributed by atoms with Gasteiger partial charge >= 0.3 is 0 Å². The molecule has 0 amide bonds. The topological polar surface area (TPSA) is 43.6 Å². The highest BCUT2D eigenvalue weighted by atomic mass is 32.1. The Morgan fingerprint density at radius 3 is 1.68 bits per heavy atom. The van der Waals surface area contributed by atoms with Crippen LogP contribution in [-0.4, -0.2) is 19.5 Å². The van der Waals surface area contributed by atoms with Crippen LogP contribution in [0.25, 0.3) is 113 Å². The van der Waals surface area contributed by atoms with Crippen LogP contribution in [0.15, 0.2) is 182 Å². The molecule has 4 aromatic heterocycles. The zero-order valence-electron chi connectivity index (χ0n) is 30.4. The summed E-state index contributed by atoms with van der Waals surface area (Å²) in [5.74, 6) is 2.00. The van der Waals surface area contributed by atoms with Crippen LogP contribution in [-0.2, 0) is 0 Å². The molecule has 8 aromatic carbocycles. The lowest BCUT2D eigenvalue weighted by molar-refractivity contribution is 1.08. The summed E-state index contributed by atoms with van der Waals surface area (Å²) in [6.45, 7) is 0. The Morgan fingerprint density at radius 1 is 0.333 bits per heavy atom. The number of thiophene rings is 2. The van der Waals surface area contributed by atoms with E-state index < -0.39 is 0 Å². The molecule has 12 rings (SSSR count). The van der Waals surface area contributed by atoms with Gasteiger partial charge in [-0.3, -0.25) is 0 Å². The molecule has 57 heavy (non-hydrogen) atoms. The van der Waals surface area contributed by atoms with E-state index in [-0.39, 0.29) is 0 Å². The van der Waals surface area contributed by atoms with Gasteiger partial charge in [-0.2, -0.15) is 0 Å². The molecule has 0 aliphatic rings. The molecule has 266 valence electrons. The van der Waals surface area contributed by atoms with E-state index in [9.17, 15) is 0 Å². The third-order valence-electron chi connectivity index (χ3n) is 11.1. The Kier molecular flexibility index (Phi) is 7.24. The quantitative estimate of drug-likeness (QED) is 0.175. The van der Waals surface area contributed by atoms with Gasteiger partial charge in [0, 0.05) is 73.5 Å². The number of fused-ring (bicyclic) bond motifs is 9. The molecule has 0 N–H and O–H groups in total. The predicted octanol–water partition coefficient (Wildman–Crippen LogP) is 14.4. The number of rotatable bonds is 5. The molecule has 0 unspecified atom stereocenters. The summed E-state index contributed by atoms with van der Waals surface area (Å²) in [6.07, 6.45) is 0. The first-order valence-electron chi connectivity index (χ1n) is 19.0. The average Bonchev–Trinajstić information content (AvgIpc) is 3.95. The number of para-hydroxylation sites is 2. The van der Waals surface area contributed by atoms with Crippen molar-refractivity contribution in [1.29, 1.82) is 0 Å². The molecule has 0 fully saturated rings. The summed E-state index contributed by atoms with van der Waals surface area (Å²) in [7, 11) is 0. The molecular formula is C51H30N4S2. The van der Waals surface area contributed by atoms with Crippen LogP contribution in [0.5, 0.6) is 0 Å². The summed E-state index contributed by atoms with van der Waals surface area (Å²) in [5, 5.41) is 7.33. The Morgan fingerprint density at radius 2 is 0.877 bits per heavy atom. The van der Waals surface area contributed by atoms with Gasteiger partial charge in [0.25, 0.3) is 0 Å². The molecule has 0 bridgehead atoms. The first-order chi connectivity index (χ1) is 28.2. The van der Waals surface area contributed by atoms with E-state index in [4.69, 9.17) is 15.0 Å². The Balaban J connectivity index is 1.01. The van der Waals surface area contributed by atoms with E-state index in [0.717, 1.165) is 22.4 Å². The van der Waals surface area contributed by atoms with Crippen LogP contribution in [0.3, 0.4) is 0 Å². The van der Waals surface area contributed by atoms with E-state index >= 15 is 0 Å². The standard InChI is InChI=1S/C51H30N4S2/c1-3-12-31(13-4-1)49-52-50(54-51(53-49)38-18-11-21-47-48(38)37-17-8-10-20-44(37)57-47)34-24-27-46-41(30-34)40-29-33(23-26-45(40)56-46)32-22-25-43-39(28-32)36-16-7-9-19-42(36)55(43)35-14-5-2-6-15-35/h1-30H. The normalized spacial score (nSPS) is 11.9.